The summed E-state index contributed by atoms with van der Waals surface area (Å²) in [6.07, 6.45) is 1.79. The summed E-state index contributed by atoms with van der Waals surface area (Å²) in [7, 11) is 0. The lowest BCUT2D eigenvalue weighted by atomic mass is 10.2. The summed E-state index contributed by atoms with van der Waals surface area (Å²) in [5.41, 5.74) is 2.13. The third kappa shape index (κ3) is 3.20. The van der Waals surface area contributed by atoms with Crippen LogP contribution in [0.5, 0.6) is 11.6 Å². The molecule has 0 unspecified atom stereocenters. The summed E-state index contributed by atoms with van der Waals surface area (Å²) >= 11 is 9.29. The zero-order valence-corrected chi connectivity index (χ0v) is 11.6. The summed E-state index contributed by atoms with van der Waals surface area (Å²) < 4.78 is 5.68. The number of benzene rings is 1. The van der Waals surface area contributed by atoms with Gasteiger partial charge in [-0.05, 0) is 36.8 Å². The van der Waals surface area contributed by atoms with Gasteiger partial charge in [-0.15, -0.1) is 0 Å². The molecule has 1 heterocycles. The number of rotatable bonds is 3. The van der Waals surface area contributed by atoms with Crippen LogP contribution >= 0.6 is 27.5 Å². The fourth-order valence-corrected chi connectivity index (χ4v) is 1.93. The van der Waals surface area contributed by atoms with E-state index in [1.807, 2.05) is 31.2 Å². The summed E-state index contributed by atoms with van der Waals surface area (Å²) in [5.74, 6) is 1.30. The van der Waals surface area contributed by atoms with Crippen molar-refractivity contribution in [3.63, 3.8) is 0 Å². The molecule has 0 aliphatic carbocycles. The fraction of sp³-hybridized carbons (Fsp3) is 0.154. The highest BCUT2D eigenvalue weighted by molar-refractivity contribution is 9.08. The Morgan fingerprint density at radius 2 is 2.18 bits per heavy atom. The van der Waals surface area contributed by atoms with Crippen molar-refractivity contribution in [2.24, 2.45) is 0 Å². The van der Waals surface area contributed by atoms with Gasteiger partial charge < -0.3 is 4.74 Å². The van der Waals surface area contributed by atoms with Crippen molar-refractivity contribution < 1.29 is 4.74 Å². The quantitative estimate of drug-likeness (QED) is 0.764. The van der Waals surface area contributed by atoms with Crippen molar-refractivity contribution in [1.29, 1.82) is 0 Å². The van der Waals surface area contributed by atoms with Crippen LogP contribution < -0.4 is 4.74 Å². The van der Waals surface area contributed by atoms with Crippen molar-refractivity contribution in [3.05, 3.63) is 52.7 Å². The first-order chi connectivity index (χ1) is 8.19. The molecule has 0 aliphatic heterocycles. The van der Waals surface area contributed by atoms with E-state index in [1.54, 1.807) is 12.3 Å². The first-order valence-electron chi connectivity index (χ1n) is 5.14. The number of hydrogen-bond donors (Lipinski definition) is 0. The smallest absolute Gasteiger partial charge is 0.222 e. The van der Waals surface area contributed by atoms with Gasteiger partial charge in [0.2, 0.25) is 5.88 Å². The molecule has 0 saturated carbocycles. The number of ether oxygens (including phenoxy) is 1. The zero-order chi connectivity index (χ0) is 12.3. The Labute approximate surface area is 114 Å². The molecule has 2 nitrogen and oxygen atoms in total. The number of aryl methyl sites for hydroxylation is 1. The summed E-state index contributed by atoms with van der Waals surface area (Å²) in [4.78, 5) is 4.28. The Morgan fingerprint density at radius 1 is 1.35 bits per heavy atom. The van der Waals surface area contributed by atoms with Crippen molar-refractivity contribution in [1.82, 2.24) is 4.98 Å². The molecule has 17 heavy (non-hydrogen) atoms. The van der Waals surface area contributed by atoms with Crippen LogP contribution in [-0.4, -0.2) is 4.98 Å². The molecule has 0 N–H and O–H groups in total. The number of hydrogen-bond acceptors (Lipinski definition) is 2. The van der Waals surface area contributed by atoms with E-state index in [0.717, 1.165) is 16.5 Å². The number of pyridine rings is 1. The van der Waals surface area contributed by atoms with E-state index >= 15 is 0 Å². The maximum Gasteiger partial charge on any atom is 0.222 e. The van der Waals surface area contributed by atoms with E-state index in [2.05, 4.69) is 20.9 Å². The van der Waals surface area contributed by atoms with Gasteiger partial charge >= 0.3 is 0 Å². The van der Waals surface area contributed by atoms with Gasteiger partial charge in [-0.1, -0.05) is 33.6 Å². The van der Waals surface area contributed by atoms with Gasteiger partial charge in [-0.2, -0.15) is 0 Å². The van der Waals surface area contributed by atoms with Crippen LogP contribution in [-0.2, 0) is 5.33 Å². The maximum absolute atomic E-state index is 5.89. The van der Waals surface area contributed by atoms with E-state index in [9.17, 15) is 0 Å². The molecule has 2 rings (SSSR count). The van der Waals surface area contributed by atoms with E-state index in [1.165, 1.54) is 0 Å². The first-order valence-corrected chi connectivity index (χ1v) is 6.64. The Bertz CT molecular complexity index is 531. The average Bonchev–Trinajstić information content (AvgIpc) is 2.32. The number of nitrogens with zero attached hydrogens (tertiary/aromatic N) is 1. The molecule has 0 spiro atoms. The molecular formula is C13H11BrClNO. The van der Waals surface area contributed by atoms with E-state index in [4.69, 9.17) is 16.3 Å². The third-order valence-corrected chi connectivity index (χ3v) is 3.13. The molecule has 0 saturated heterocycles. The van der Waals surface area contributed by atoms with E-state index < -0.39 is 0 Å². The second-order valence-corrected chi connectivity index (χ2v) is 4.66. The Kier molecular flexibility index (Phi) is 4.02. The van der Waals surface area contributed by atoms with Crippen LogP contribution in [0.1, 0.15) is 11.1 Å². The Hall–Kier alpha value is -1.06. The normalized spacial score (nSPS) is 10.3. The molecule has 0 amide bonds. The highest BCUT2D eigenvalue weighted by Crippen LogP contribution is 2.25. The maximum atomic E-state index is 5.89. The minimum absolute atomic E-state index is 0.608. The monoisotopic (exact) mass is 311 g/mol. The van der Waals surface area contributed by atoms with Gasteiger partial charge in [0.15, 0.2) is 0 Å². The zero-order valence-electron chi connectivity index (χ0n) is 9.28. The highest BCUT2D eigenvalue weighted by Gasteiger charge is 2.04. The lowest BCUT2D eigenvalue weighted by molar-refractivity contribution is 0.458. The molecule has 0 bridgehead atoms. The second kappa shape index (κ2) is 5.52. The molecule has 2 aromatic rings. The third-order valence-electron chi connectivity index (χ3n) is 2.25. The van der Waals surface area contributed by atoms with Crippen LogP contribution in [0.25, 0.3) is 0 Å². The molecule has 1 aromatic carbocycles. The van der Waals surface area contributed by atoms with Gasteiger partial charge in [0.25, 0.3) is 0 Å². The lowest BCUT2D eigenvalue weighted by Gasteiger charge is -2.08. The van der Waals surface area contributed by atoms with Crippen molar-refractivity contribution in [2.45, 2.75) is 12.3 Å². The van der Waals surface area contributed by atoms with Crippen LogP contribution in [0.2, 0.25) is 5.02 Å². The van der Waals surface area contributed by atoms with Crippen molar-refractivity contribution in [3.8, 4) is 11.6 Å². The van der Waals surface area contributed by atoms with Gasteiger partial charge in [0.05, 0.1) is 0 Å². The molecule has 4 heteroatoms. The summed E-state index contributed by atoms with van der Waals surface area (Å²) in [6.45, 7) is 1.97. The number of aromatic nitrogens is 1. The van der Waals surface area contributed by atoms with Gasteiger partial charge in [0, 0.05) is 22.1 Å². The van der Waals surface area contributed by atoms with Crippen molar-refractivity contribution >= 4 is 27.5 Å². The molecule has 0 aliphatic rings. The van der Waals surface area contributed by atoms with Gasteiger partial charge in [-0.25, -0.2) is 4.98 Å². The predicted molar refractivity (Wildman–Crippen MR) is 73.1 cm³/mol. The first kappa shape index (κ1) is 12.4. The highest BCUT2D eigenvalue weighted by atomic mass is 79.9. The molecule has 88 valence electrons. The van der Waals surface area contributed by atoms with Crippen LogP contribution in [0, 0.1) is 6.92 Å². The molecule has 0 fully saturated rings. The van der Waals surface area contributed by atoms with E-state index in [0.29, 0.717) is 16.7 Å². The van der Waals surface area contributed by atoms with Gasteiger partial charge in [-0.3, -0.25) is 0 Å². The minimum atomic E-state index is 0.608. The van der Waals surface area contributed by atoms with Crippen LogP contribution in [0.3, 0.4) is 0 Å². The molecule has 0 atom stereocenters. The minimum Gasteiger partial charge on any atom is -0.439 e. The largest absolute Gasteiger partial charge is 0.439 e. The second-order valence-electron chi connectivity index (χ2n) is 3.66. The van der Waals surface area contributed by atoms with Crippen LogP contribution in [0.4, 0.5) is 0 Å². The fourth-order valence-electron chi connectivity index (χ4n) is 1.44. The molecule has 0 radical (unpaired) electrons. The number of halogens is 2. The van der Waals surface area contributed by atoms with Crippen LogP contribution in [0.15, 0.2) is 36.5 Å². The topological polar surface area (TPSA) is 22.1 Å². The van der Waals surface area contributed by atoms with Gasteiger partial charge in [0.1, 0.15) is 5.75 Å². The Balaban J connectivity index is 2.24. The van der Waals surface area contributed by atoms with Crippen molar-refractivity contribution in [2.75, 3.05) is 0 Å². The average molecular weight is 313 g/mol. The SMILES string of the molecule is Cc1cc(CBr)cnc1Oc1cccc(Cl)c1. The molecular weight excluding hydrogens is 302 g/mol. The van der Waals surface area contributed by atoms with E-state index in [-0.39, 0.29) is 0 Å². The standard InChI is InChI=1S/C13H11BrClNO/c1-9-5-10(7-14)8-16-13(9)17-12-4-2-3-11(15)6-12/h2-6,8H,7H2,1H3. The predicted octanol–water partition coefficient (Wildman–Crippen LogP) is 4.73. The summed E-state index contributed by atoms with van der Waals surface area (Å²) in [6, 6.07) is 9.32. The Morgan fingerprint density at radius 3 is 2.82 bits per heavy atom. The summed E-state index contributed by atoms with van der Waals surface area (Å²) in [5, 5.41) is 1.44. The molecule has 1 aromatic heterocycles. The number of alkyl halides is 1. The lowest BCUT2D eigenvalue weighted by Crippen LogP contribution is -1.92.